The summed E-state index contributed by atoms with van der Waals surface area (Å²) in [6, 6.07) is 21.5. The van der Waals surface area contributed by atoms with E-state index in [9.17, 15) is 0 Å². The van der Waals surface area contributed by atoms with Gasteiger partial charge in [-0.15, -0.1) is 0 Å². The first-order valence-electron chi connectivity index (χ1n) is 13.2. The maximum Gasteiger partial charge on any atom is 0.262 e. The number of hydrogen-bond acceptors (Lipinski definition) is 4. The van der Waals surface area contributed by atoms with Gasteiger partial charge < -0.3 is 18.6 Å². The van der Waals surface area contributed by atoms with Gasteiger partial charge in [-0.3, -0.25) is 0 Å². The number of epoxide rings is 1. The van der Waals surface area contributed by atoms with Gasteiger partial charge in [-0.1, -0.05) is 107 Å². The first-order valence-corrected chi connectivity index (χ1v) is 15.1. The predicted octanol–water partition coefficient (Wildman–Crippen LogP) is 5.05. The summed E-state index contributed by atoms with van der Waals surface area (Å²) in [5.74, 6) is 6.57. The molecule has 2 saturated heterocycles. The molecule has 192 valence electrons. The van der Waals surface area contributed by atoms with Crippen molar-refractivity contribution in [2.45, 2.75) is 89.4 Å². The van der Waals surface area contributed by atoms with Crippen LogP contribution in [-0.2, 0) is 18.6 Å². The molecule has 4 nitrogen and oxygen atoms in total. The molecule has 1 spiro atoms. The molecule has 3 atom stereocenters. The minimum atomic E-state index is -2.67. The molecular formula is C31H40O4Si. The maximum atomic E-state index is 7.18. The number of benzene rings is 2. The summed E-state index contributed by atoms with van der Waals surface area (Å²) in [5, 5.41) is 2.43. The fourth-order valence-corrected chi connectivity index (χ4v) is 11.5. The Morgan fingerprint density at radius 3 is 1.86 bits per heavy atom. The van der Waals surface area contributed by atoms with Crippen molar-refractivity contribution in [3.8, 4) is 11.8 Å². The van der Waals surface area contributed by atoms with Gasteiger partial charge >= 0.3 is 0 Å². The molecule has 5 heteroatoms. The molecular weight excluding hydrogens is 464 g/mol. The quantitative estimate of drug-likeness (QED) is 0.332. The van der Waals surface area contributed by atoms with E-state index >= 15 is 0 Å². The van der Waals surface area contributed by atoms with Crippen LogP contribution in [-0.4, -0.2) is 44.6 Å². The van der Waals surface area contributed by atoms with E-state index in [1.807, 2.05) is 0 Å². The Kier molecular flexibility index (Phi) is 6.10. The Balaban J connectivity index is 1.50. The molecule has 0 amide bonds. The lowest BCUT2D eigenvalue weighted by molar-refractivity contribution is -0.201. The Labute approximate surface area is 217 Å². The minimum absolute atomic E-state index is 0.0951. The topological polar surface area (TPSA) is 40.2 Å². The predicted molar refractivity (Wildman–Crippen MR) is 146 cm³/mol. The lowest BCUT2D eigenvalue weighted by Crippen LogP contribution is -2.67. The summed E-state index contributed by atoms with van der Waals surface area (Å²) < 4.78 is 25.8. The van der Waals surface area contributed by atoms with Crippen molar-refractivity contribution >= 4 is 18.7 Å². The van der Waals surface area contributed by atoms with Crippen molar-refractivity contribution in [2.75, 3.05) is 13.2 Å². The van der Waals surface area contributed by atoms with Gasteiger partial charge in [0.05, 0.1) is 13.2 Å². The van der Waals surface area contributed by atoms with E-state index in [1.165, 1.54) is 10.4 Å². The smallest absolute Gasteiger partial charge is 0.262 e. The lowest BCUT2D eigenvalue weighted by atomic mass is 9.62. The van der Waals surface area contributed by atoms with Crippen LogP contribution in [0.3, 0.4) is 0 Å². The molecule has 2 heterocycles. The van der Waals surface area contributed by atoms with E-state index in [1.54, 1.807) is 0 Å². The third-order valence-electron chi connectivity index (χ3n) is 8.39. The van der Waals surface area contributed by atoms with E-state index < -0.39 is 19.7 Å². The second-order valence-electron chi connectivity index (χ2n) is 12.6. The average Bonchev–Trinajstić information content (AvgIpc) is 3.21. The van der Waals surface area contributed by atoms with Gasteiger partial charge in [0.15, 0.2) is 11.4 Å². The number of fused-ring (bicyclic) bond motifs is 1. The Morgan fingerprint density at radius 2 is 1.39 bits per heavy atom. The Bertz CT molecular complexity index is 1110. The van der Waals surface area contributed by atoms with Crippen LogP contribution in [0.5, 0.6) is 0 Å². The van der Waals surface area contributed by atoms with Gasteiger partial charge in [-0.2, -0.15) is 0 Å². The van der Waals surface area contributed by atoms with Crippen LogP contribution in [0.4, 0.5) is 0 Å². The van der Waals surface area contributed by atoms with E-state index in [4.69, 9.17) is 18.6 Å². The Morgan fingerprint density at radius 1 is 0.861 bits per heavy atom. The van der Waals surface area contributed by atoms with Gasteiger partial charge in [0.1, 0.15) is 11.7 Å². The van der Waals surface area contributed by atoms with Crippen molar-refractivity contribution < 1.29 is 18.6 Å². The fourth-order valence-electron chi connectivity index (χ4n) is 6.92. The van der Waals surface area contributed by atoms with Crippen molar-refractivity contribution in [2.24, 2.45) is 5.41 Å². The monoisotopic (exact) mass is 504 g/mol. The maximum absolute atomic E-state index is 7.18. The van der Waals surface area contributed by atoms with Crippen molar-refractivity contribution in [3.63, 3.8) is 0 Å². The number of rotatable bonds is 4. The molecule has 0 radical (unpaired) electrons. The third kappa shape index (κ3) is 3.90. The third-order valence-corrected chi connectivity index (χ3v) is 13.5. The summed E-state index contributed by atoms with van der Waals surface area (Å²) in [7, 11) is -2.67. The first-order chi connectivity index (χ1) is 16.9. The van der Waals surface area contributed by atoms with Crippen LogP contribution in [0.15, 0.2) is 60.7 Å². The van der Waals surface area contributed by atoms with Gasteiger partial charge in [-0.25, -0.2) is 0 Å². The summed E-state index contributed by atoms with van der Waals surface area (Å²) in [6.45, 7) is 16.9. The molecule has 1 aliphatic carbocycles. The van der Waals surface area contributed by atoms with Crippen LogP contribution in [0.25, 0.3) is 0 Å². The first kappa shape index (κ1) is 25.7. The Hall–Kier alpha value is -1.94. The van der Waals surface area contributed by atoms with Crippen molar-refractivity contribution in [1.82, 2.24) is 0 Å². The highest BCUT2D eigenvalue weighted by Crippen LogP contribution is 2.68. The minimum Gasteiger partial charge on any atom is -0.394 e. The zero-order valence-corrected chi connectivity index (χ0v) is 23.8. The molecule has 0 N–H and O–H groups in total. The standard InChI is InChI=1S/C31H40O4Si/c1-24(18-19-31-28(5,6)22-30(32-20-21-33-30)23-29(31,7)35-31)34-36(27(2,3)4,25-14-10-8-11-15-25)26-16-12-9-13-17-26/h8-17,24H,20-23H2,1-7H3. The molecule has 3 fully saturated rings. The number of ether oxygens (including phenoxy) is 3. The molecule has 2 aromatic rings. The largest absolute Gasteiger partial charge is 0.394 e. The van der Waals surface area contributed by atoms with Gasteiger partial charge in [0.2, 0.25) is 0 Å². The van der Waals surface area contributed by atoms with Gasteiger partial charge in [-0.05, 0) is 29.3 Å². The van der Waals surface area contributed by atoms with E-state index in [2.05, 4.69) is 121 Å². The van der Waals surface area contributed by atoms with Crippen LogP contribution in [0, 0.1) is 17.3 Å². The molecule has 3 unspecified atom stereocenters. The van der Waals surface area contributed by atoms with Crippen molar-refractivity contribution in [3.05, 3.63) is 60.7 Å². The molecule has 5 rings (SSSR count). The molecule has 3 aliphatic rings. The van der Waals surface area contributed by atoms with Crippen molar-refractivity contribution in [1.29, 1.82) is 0 Å². The highest BCUT2D eigenvalue weighted by atomic mass is 28.4. The molecule has 0 bridgehead atoms. The zero-order valence-electron chi connectivity index (χ0n) is 22.8. The molecule has 36 heavy (non-hydrogen) atoms. The normalized spacial score (nSPS) is 29.2. The van der Waals surface area contributed by atoms with Crippen LogP contribution < -0.4 is 10.4 Å². The SMILES string of the molecule is CC(C#CC12OC1(C)CC1(CC2(C)C)OCCO1)O[Si](c1ccccc1)(c1ccccc1)C(C)(C)C. The average molecular weight is 505 g/mol. The highest BCUT2D eigenvalue weighted by Gasteiger charge is 2.79. The van der Waals surface area contributed by atoms with Crippen LogP contribution in [0.1, 0.15) is 61.3 Å². The molecule has 0 aromatic heterocycles. The summed E-state index contributed by atoms with van der Waals surface area (Å²) in [5.41, 5.74) is -1.12. The van der Waals surface area contributed by atoms with Crippen LogP contribution in [0.2, 0.25) is 5.04 Å². The molecule has 2 aliphatic heterocycles. The summed E-state index contributed by atoms with van der Waals surface area (Å²) in [6.07, 6.45) is 1.22. The summed E-state index contributed by atoms with van der Waals surface area (Å²) >= 11 is 0. The molecule has 2 aromatic carbocycles. The van der Waals surface area contributed by atoms with E-state index in [0.29, 0.717) is 19.6 Å². The second kappa shape index (κ2) is 8.54. The molecule has 1 saturated carbocycles. The fraction of sp³-hybridized carbons (Fsp3) is 0.548. The lowest BCUT2D eigenvalue weighted by Gasteiger charge is -2.44. The highest BCUT2D eigenvalue weighted by molar-refractivity contribution is 6.99. The van der Waals surface area contributed by atoms with Gasteiger partial charge in [0, 0.05) is 18.3 Å². The van der Waals surface area contributed by atoms with Gasteiger partial charge in [0.25, 0.3) is 8.32 Å². The number of hydrogen-bond donors (Lipinski definition) is 0. The van der Waals surface area contributed by atoms with Crippen LogP contribution >= 0.6 is 0 Å². The zero-order chi connectivity index (χ0) is 25.9. The second-order valence-corrected chi connectivity index (χ2v) is 16.8. The van der Waals surface area contributed by atoms with E-state index in [-0.39, 0.29) is 22.2 Å². The summed E-state index contributed by atoms with van der Waals surface area (Å²) in [4.78, 5) is 0. The van der Waals surface area contributed by atoms with E-state index in [0.717, 1.165) is 6.42 Å².